The van der Waals surface area contributed by atoms with Crippen molar-refractivity contribution in [2.75, 3.05) is 19.0 Å². The molecule has 6 nitrogen and oxygen atoms in total. The summed E-state index contributed by atoms with van der Waals surface area (Å²) < 4.78 is 4.62. The Hall–Kier alpha value is -2.37. The van der Waals surface area contributed by atoms with E-state index in [9.17, 15) is 14.4 Å². The van der Waals surface area contributed by atoms with Crippen LogP contribution >= 0.6 is 0 Å². The fourth-order valence-electron chi connectivity index (χ4n) is 1.72. The average molecular weight is 292 g/mol. The SMILES string of the molecule is CCCCCNC(=O)C(=O)Nc1ccccc1C(=O)OC. The van der Waals surface area contributed by atoms with Crippen molar-refractivity contribution < 1.29 is 19.1 Å². The van der Waals surface area contributed by atoms with Crippen LogP contribution in [0, 0.1) is 0 Å². The summed E-state index contributed by atoms with van der Waals surface area (Å²) in [7, 11) is 1.25. The van der Waals surface area contributed by atoms with Gasteiger partial charge in [0.2, 0.25) is 0 Å². The van der Waals surface area contributed by atoms with Crippen LogP contribution in [0.15, 0.2) is 24.3 Å². The molecule has 0 saturated heterocycles. The number of benzene rings is 1. The fraction of sp³-hybridized carbons (Fsp3) is 0.400. The lowest BCUT2D eigenvalue weighted by Gasteiger charge is -2.09. The van der Waals surface area contributed by atoms with Crippen LogP contribution in [0.4, 0.5) is 5.69 Å². The van der Waals surface area contributed by atoms with Gasteiger partial charge < -0.3 is 15.4 Å². The number of nitrogens with one attached hydrogen (secondary N) is 2. The summed E-state index contributed by atoms with van der Waals surface area (Å²) in [6.07, 6.45) is 2.86. The molecule has 1 aromatic rings. The molecule has 0 radical (unpaired) electrons. The van der Waals surface area contributed by atoms with Crippen LogP contribution in [0.1, 0.15) is 36.5 Å². The molecule has 21 heavy (non-hydrogen) atoms. The van der Waals surface area contributed by atoms with Gasteiger partial charge in [-0.1, -0.05) is 31.9 Å². The van der Waals surface area contributed by atoms with Gasteiger partial charge in [-0.25, -0.2) is 4.79 Å². The highest BCUT2D eigenvalue weighted by Crippen LogP contribution is 2.15. The number of amides is 2. The normalized spacial score (nSPS) is 9.81. The number of hydrogen-bond acceptors (Lipinski definition) is 4. The monoisotopic (exact) mass is 292 g/mol. The van der Waals surface area contributed by atoms with Crippen molar-refractivity contribution in [3.05, 3.63) is 29.8 Å². The first-order valence-electron chi connectivity index (χ1n) is 6.86. The van der Waals surface area contributed by atoms with Crippen LogP contribution in [0.3, 0.4) is 0 Å². The van der Waals surface area contributed by atoms with Crippen molar-refractivity contribution in [1.29, 1.82) is 0 Å². The first-order chi connectivity index (χ1) is 10.1. The first kappa shape index (κ1) is 16.7. The number of esters is 1. The van der Waals surface area contributed by atoms with Gasteiger partial charge in [0.05, 0.1) is 18.4 Å². The van der Waals surface area contributed by atoms with Gasteiger partial charge in [0.1, 0.15) is 0 Å². The summed E-state index contributed by atoms with van der Waals surface area (Å²) in [5.74, 6) is -2.09. The number of para-hydroxylation sites is 1. The lowest BCUT2D eigenvalue weighted by molar-refractivity contribution is -0.136. The maximum atomic E-state index is 11.8. The van der Waals surface area contributed by atoms with Gasteiger partial charge in [0.25, 0.3) is 0 Å². The number of anilines is 1. The van der Waals surface area contributed by atoms with Gasteiger partial charge in [0.15, 0.2) is 0 Å². The second-order valence-electron chi connectivity index (χ2n) is 4.45. The maximum absolute atomic E-state index is 11.8. The number of hydrogen-bond donors (Lipinski definition) is 2. The highest BCUT2D eigenvalue weighted by Gasteiger charge is 2.17. The van der Waals surface area contributed by atoms with Crippen molar-refractivity contribution in [3.63, 3.8) is 0 Å². The lowest BCUT2D eigenvalue weighted by Crippen LogP contribution is -2.36. The Bertz CT molecular complexity index is 514. The van der Waals surface area contributed by atoms with Gasteiger partial charge >= 0.3 is 17.8 Å². The van der Waals surface area contributed by atoms with Crippen molar-refractivity contribution >= 4 is 23.5 Å². The predicted octanol–water partition coefficient (Wildman–Crippen LogP) is 1.72. The zero-order valence-electron chi connectivity index (χ0n) is 12.3. The fourth-order valence-corrected chi connectivity index (χ4v) is 1.72. The zero-order chi connectivity index (χ0) is 15.7. The van der Waals surface area contributed by atoms with Crippen LogP contribution in [-0.4, -0.2) is 31.4 Å². The predicted molar refractivity (Wildman–Crippen MR) is 78.9 cm³/mol. The minimum Gasteiger partial charge on any atom is -0.465 e. The number of methoxy groups -OCH3 is 1. The Balaban J connectivity index is 2.62. The standard InChI is InChI=1S/C15H20N2O4/c1-3-4-7-10-16-13(18)14(19)17-12-9-6-5-8-11(12)15(20)21-2/h5-6,8-9H,3-4,7,10H2,1-2H3,(H,16,18)(H,17,19). The Morgan fingerprint density at radius 2 is 1.81 bits per heavy atom. The van der Waals surface area contributed by atoms with Crippen molar-refractivity contribution in [3.8, 4) is 0 Å². The molecule has 0 aliphatic heterocycles. The molecule has 0 aliphatic carbocycles. The molecule has 6 heteroatoms. The summed E-state index contributed by atoms with van der Waals surface area (Å²) >= 11 is 0. The molecule has 1 aromatic carbocycles. The van der Waals surface area contributed by atoms with E-state index in [0.717, 1.165) is 19.3 Å². The molecule has 0 aliphatic rings. The molecule has 0 unspecified atom stereocenters. The maximum Gasteiger partial charge on any atom is 0.339 e. The van der Waals surface area contributed by atoms with Gasteiger partial charge in [-0.15, -0.1) is 0 Å². The third-order valence-corrected chi connectivity index (χ3v) is 2.85. The van der Waals surface area contributed by atoms with E-state index < -0.39 is 17.8 Å². The molecule has 114 valence electrons. The Morgan fingerprint density at radius 3 is 2.48 bits per heavy atom. The molecular weight excluding hydrogens is 272 g/mol. The van der Waals surface area contributed by atoms with Gasteiger partial charge in [-0.2, -0.15) is 0 Å². The molecule has 0 bridgehead atoms. The molecule has 2 N–H and O–H groups in total. The van der Waals surface area contributed by atoms with Gasteiger partial charge in [-0.05, 0) is 18.6 Å². The summed E-state index contributed by atoms with van der Waals surface area (Å²) in [5, 5.41) is 4.95. The average Bonchev–Trinajstić information content (AvgIpc) is 2.51. The van der Waals surface area contributed by atoms with E-state index in [-0.39, 0.29) is 11.3 Å². The molecule has 0 aromatic heterocycles. The molecule has 1 rings (SSSR count). The van der Waals surface area contributed by atoms with Crippen molar-refractivity contribution in [2.45, 2.75) is 26.2 Å². The summed E-state index contributed by atoms with van der Waals surface area (Å²) in [5.41, 5.74) is 0.449. The minimum atomic E-state index is -0.803. The molecule has 0 atom stereocenters. The second-order valence-corrected chi connectivity index (χ2v) is 4.45. The van der Waals surface area contributed by atoms with E-state index >= 15 is 0 Å². The lowest BCUT2D eigenvalue weighted by atomic mass is 10.2. The third-order valence-electron chi connectivity index (χ3n) is 2.85. The number of ether oxygens (including phenoxy) is 1. The van der Waals surface area contributed by atoms with Crippen molar-refractivity contribution in [2.24, 2.45) is 0 Å². The highest BCUT2D eigenvalue weighted by molar-refractivity contribution is 6.40. The summed E-state index contributed by atoms with van der Waals surface area (Å²) in [6.45, 7) is 2.51. The van der Waals surface area contributed by atoms with E-state index in [1.807, 2.05) is 0 Å². The Labute approximate surface area is 123 Å². The van der Waals surface area contributed by atoms with Crippen LogP contribution in [-0.2, 0) is 14.3 Å². The third kappa shape index (κ3) is 5.25. The van der Waals surface area contributed by atoms with Crippen LogP contribution < -0.4 is 10.6 Å². The largest absolute Gasteiger partial charge is 0.465 e. The van der Waals surface area contributed by atoms with Gasteiger partial charge in [0, 0.05) is 6.54 Å². The van der Waals surface area contributed by atoms with Crippen LogP contribution in [0.5, 0.6) is 0 Å². The van der Waals surface area contributed by atoms with E-state index in [1.54, 1.807) is 12.1 Å². The molecule has 2 amide bonds. The number of carbonyl (C=O) groups is 3. The topological polar surface area (TPSA) is 84.5 Å². The zero-order valence-corrected chi connectivity index (χ0v) is 12.3. The summed E-state index contributed by atoms with van der Waals surface area (Å²) in [4.78, 5) is 34.9. The number of unbranched alkanes of at least 4 members (excludes halogenated alkanes) is 2. The van der Waals surface area contributed by atoms with Crippen molar-refractivity contribution in [1.82, 2.24) is 5.32 Å². The number of rotatable bonds is 6. The Kier molecular flexibility index (Phi) is 6.94. The second kappa shape index (κ2) is 8.73. The highest BCUT2D eigenvalue weighted by atomic mass is 16.5. The molecule has 0 fully saturated rings. The molecule has 0 spiro atoms. The van der Waals surface area contributed by atoms with E-state index in [1.165, 1.54) is 19.2 Å². The van der Waals surface area contributed by atoms with E-state index in [4.69, 9.17) is 0 Å². The minimum absolute atomic E-state index is 0.201. The number of carbonyl (C=O) groups excluding carboxylic acids is 3. The Morgan fingerprint density at radius 1 is 1.10 bits per heavy atom. The quantitative estimate of drug-likeness (QED) is 0.475. The molecule has 0 saturated carbocycles. The first-order valence-corrected chi connectivity index (χ1v) is 6.86. The van der Waals surface area contributed by atoms with Gasteiger partial charge in [-0.3, -0.25) is 9.59 Å². The smallest absolute Gasteiger partial charge is 0.339 e. The molecule has 0 heterocycles. The summed E-state index contributed by atoms with van der Waals surface area (Å²) in [6, 6.07) is 6.35. The van der Waals surface area contributed by atoms with Crippen LogP contribution in [0.2, 0.25) is 0 Å². The molecular formula is C15H20N2O4. The van der Waals surface area contributed by atoms with E-state index in [0.29, 0.717) is 6.54 Å². The van der Waals surface area contributed by atoms with Crippen LogP contribution in [0.25, 0.3) is 0 Å². The van der Waals surface area contributed by atoms with E-state index in [2.05, 4.69) is 22.3 Å².